The lowest BCUT2D eigenvalue weighted by Gasteiger charge is -1.99. The molecular formula is C10H9N3OS. The lowest BCUT2D eigenvalue weighted by molar-refractivity contribution is 0.0990. The Bertz CT molecular complexity index is 507. The largest absolute Gasteiger partial charge is 0.363 e. The van der Waals surface area contributed by atoms with Crippen molar-refractivity contribution in [3.05, 3.63) is 35.1 Å². The van der Waals surface area contributed by atoms with Gasteiger partial charge in [0.1, 0.15) is 0 Å². The number of carbonyl (C=O) groups excluding carboxylic acids is 1. The second-order valence-corrected chi connectivity index (χ2v) is 3.98. The Morgan fingerprint density at radius 2 is 2.27 bits per heavy atom. The van der Waals surface area contributed by atoms with E-state index in [1.54, 1.807) is 23.6 Å². The topological polar surface area (TPSA) is 68.9 Å². The summed E-state index contributed by atoms with van der Waals surface area (Å²) in [5.41, 5.74) is 6.99. The van der Waals surface area contributed by atoms with Crippen molar-refractivity contribution in [1.29, 1.82) is 0 Å². The molecule has 76 valence electrons. The van der Waals surface area contributed by atoms with Crippen LogP contribution in [0.3, 0.4) is 0 Å². The third kappa shape index (κ3) is 1.87. The molecule has 4 nitrogen and oxygen atoms in total. The Balaban J connectivity index is 2.50. The van der Waals surface area contributed by atoms with Crippen molar-refractivity contribution in [2.75, 3.05) is 0 Å². The highest BCUT2D eigenvalue weighted by Gasteiger charge is 2.08. The van der Waals surface area contributed by atoms with Gasteiger partial charge in [-0.05, 0) is 30.0 Å². The van der Waals surface area contributed by atoms with Crippen LogP contribution in [0.15, 0.2) is 23.7 Å². The first-order valence-corrected chi connectivity index (χ1v) is 5.24. The maximum absolute atomic E-state index is 10.9. The molecule has 0 aliphatic heterocycles. The summed E-state index contributed by atoms with van der Waals surface area (Å²) in [7, 11) is 0. The molecule has 0 fully saturated rings. The van der Waals surface area contributed by atoms with Gasteiger partial charge in [-0.3, -0.25) is 4.79 Å². The van der Waals surface area contributed by atoms with E-state index >= 15 is 0 Å². The average molecular weight is 219 g/mol. The molecule has 0 aliphatic rings. The Morgan fingerprint density at radius 1 is 1.47 bits per heavy atom. The van der Waals surface area contributed by atoms with Gasteiger partial charge in [-0.25, -0.2) is 9.97 Å². The van der Waals surface area contributed by atoms with Crippen molar-refractivity contribution in [2.24, 2.45) is 5.73 Å². The first kappa shape index (κ1) is 9.79. The van der Waals surface area contributed by atoms with Crippen molar-refractivity contribution in [3.63, 3.8) is 0 Å². The van der Waals surface area contributed by atoms with Crippen LogP contribution in [0.5, 0.6) is 0 Å². The highest BCUT2D eigenvalue weighted by atomic mass is 32.1. The summed E-state index contributed by atoms with van der Waals surface area (Å²) in [6.07, 6.45) is 1.54. The van der Waals surface area contributed by atoms with Crippen LogP contribution >= 0.6 is 11.3 Å². The minimum absolute atomic E-state index is 0.0558. The van der Waals surface area contributed by atoms with Crippen molar-refractivity contribution in [1.82, 2.24) is 9.97 Å². The molecule has 5 heteroatoms. The summed E-state index contributed by atoms with van der Waals surface area (Å²) in [4.78, 5) is 19.8. The number of aromatic nitrogens is 2. The fourth-order valence-corrected chi connectivity index (χ4v) is 2.14. The first-order valence-electron chi connectivity index (χ1n) is 4.36. The van der Waals surface area contributed by atoms with E-state index in [1.165, 1.54) is 0 Å². The van der Waals surface area contributed by atoms with Gasteiger partial charge in [0, 0.05) is 6.20 Å². The first-order chi connectivity index (χ1) is 7.18. The number of aryl methyl sites for hydroxylation is 1. The maximum Gasteiger partial charge on any atom is 0.286 e. The molecule has 0 saturated heterocycles. The van der Waals surface area contributed by atoms with Crippen LogP contribution in [0.1, 0.15) is 16.2 Å². The molecule has 0 aliphatic carbocycles. The van der Waals surface area contributed by atoms with Crippen molar-refractivity contribution >= 4 is 17.2 Å². The smallest absolute Gasteiger partial charge is 0.286 e. The van der Waals surface area contributed by atoms with Crippen molar-refractivity contribution < 1.29 is 4.79 Å². The molecule has 0 unspecified atom stereocenters. The van der Waals surface area contributed by atoms with E-state index in [0.29, 0.717) is 0 Å². The standard InChI is InChI=1S/C10H9N3OS/c1-6-3-5-15-8(6)7-2-4-12-10(13-7)9(11)14/h2-5H,1H3,(H2,11,14). The summed E-state index contributed by atoms with van der Waals surface area (Å²) in [6, 6.07) is 3.78. The monoisotopic (exact) mass is 219 g/mol. The molecule has 0 bridgehead atoms. The molecule has 15 heavy (non-hydrogen) atoms. The van der Waals surface area contributed by atoms with E-state index in [1.807, 2.05) is 18.4 Å². The number of thiophene rings is 1. The molecule has 0 aromatic carbocycles. The number of rotatable bonds is 2. The summed E-state index contributed by atoms with van der Waals surface area (Å²) in [5, 5.41) is 1.98. The highest BCUT2D eigenvalue weighted by molar-refractivity contribution is 7.13. The number of hydrogen-bond donors (Lipinski definition) is 1. The number of amides is 1. The number of nitrogens with two attached hydrogens (primary N) is 1. The van der Waals surface area contributed by atoms with Crippen LogP contribution < -0.4 is 5.73 Å². The molecule has 2 rings (SSSR count). The Hall–Kier alpha value is -1.75. The number of primary amides is 1. The zero-order chi connectivity index (χ0) is 10.8. The van der Waals surface area contributed by atoms with Gasteiger partial charge in [0.2, 0.25) is 5.82 Å². The van der Waals surface area contributed by atoms with Gasteiger partial charge < -0.3 is 5.73 Å². The Labute approximate surface area is 90.8 Å². The van der Waals surface area contributed by atoms with Crippen LogP contribution in [0.2, 0.25) is 0 Å². The maximum atomic E-state index is 10.9. The van der Waals surface area contributed by atoms with E-state index in [2.05, 4.69) is 9.97 Å². The summed E-state index contributed by atoms with van der Waals surface area (Å²) in [6.45, 7) is 2.00. The van der Waals surface area contributed by atoms with Gasteiger partial charge in [0.05, 0.1) is 10.6 Å². The minimum atomic E-state index is -0.606. The van der Waals surface area contributed by atoms with E-state index in [4.69, 9.17) is 5.73 Å². The van der Waals surface area contributed by atoms with Crippen LogP contribution in [0, 0.1) is 6.92 Å². The number of hydrogen-bond acceptors (Lipinski definition) is 4. The zero-order valence-corrected chi connectivity index (χ0v) is 8.91. The lowest BCUT2D eigenvalue weighted by Crippen LogP contribution is -2.15. The van der Waals surface area contributed by atoms with E-state index in [9.17, 15) is 4.79 Å². The SMILES string of the molecule is Cc1ccsc1-c1ccnc(C(N)=O)n1. The molecule has 2 aromatic rings. The van der Waals surface area contributed by atoms with Crippen molar-refractivity contribution in [2.45, 2.75) is 6.92 Å². The highest BCUT2D eigenvalue weighted by Crippen LogP contribution is 2.26. The van der Waals surface area contributed by atoms with Crippen LogP contribution in [0.4, 0.5) is 0 Å². The van der Waals surface area contributed by atoms with Gasteiger partial charge >= 0.3 is 0 Å². The van der Waals surface area contributed by atoms with Gasteiger partial charge in [0.15, 0.2) is 0 Å². The van der Waals surface area contributed by atoms with Crippen LogP contribution in [-0.2, 0) is 0 Å². The third-order valence-corrected chi connectivity index (χ3v) is 3.01. The Kier molecular flexibility index (Phi) is 2.47. The average Bonchev–Trinajstić information content (AvgIpc) is 2.64. The van der Waals surface area contributed by atoms with Crippen LogP contribution in [-0.4, -0.2) is 15.9 Å². The number of nitrogens with zero attached hydrogens (tertiary/aromatic N) is 2. The quantitative estimate of drug-likeness (QED) is 0.834. The molecule has 0 atom stereocenters. The fourth-order valence-electron chi connectivity index (χ4n) is 1.24. The second kappa shape index (κ2) is 3.78. The predicted molar refractivity (Wildman–Crippen MR) is 58.6 cm³/mol. The molecule has 2 N–H and O–H groups in total. The fraction of sp³-hybridized carbons (Fsp3) is 0.100. The molecule has 1 amide bonds. The van der Waals surface area contributed by atoms with Gasteiger partial charge in [-0.2, -0.15) is 0 Å². The van der Waals surface area contributed by atoms with Gasteiger partial charge in [-0.1, -0.05) is 0 Å². The third-order valence-electron chi connectivity index (χ3n) is 1.97. The second-order valence-electron chi connectivity index (χ2n) is 3.06. The van der Waals surface area contributed by atoms with Crippen LogP contribution in [0.25, 0.3) is 10.6 Å². The normalized spacial score (nSPS) is 10.2. The number of carbonyl (C=O) groups is 1. The minimum Gasteiger partial charge on any atom is -0.363 e. The van der Waals surface area contributed by atoms with Crippen molar-refractivity contribution in [3.8, 4) is 10.6 Å². The molecular weight excluding hydrogens is 210 g/mol. The zero-order valence-electron chi connectivity index (χ0n) is 8.10. The lowest BCUT2D eigenvalue weighted by atomic mass is 10.2. The van der Waals surface area contributed by atoms with E-state index in [-0.39, 0.29) is 5.82 Å². The van der Waals surface area contributed by atoms with Gasteiger partial charge in [-0.15, -0.1) is 11.3 Å². The molecule has 0 spiro atoms. The van der Waals surface area contributed by atoms with E-state index in [0.717, 1.165) is 16.1 Å². The summed E-state index contributed by atoms with van der Waals surface area (Å²) in [5.74, 6) is -0.550. The summed E-state index contributed by atoms with van der Waals surface area (Å²) < 4.78 is 0. The molecule has 0 saturated carbocycles. The van der Waals surface area contributed by atoms with Gasteiger partial charge in [0.25, 0.3) is 5.91 Å². The van der Waals surface area contributed by atoms with E-state index < -0.39 is 5.91 Å². The molecule has 2 aromatic heterocycles. The molecule has 0 radical (unpaired) electrons. The summed E-state index contributed by atoms with van der Waals surface area (Å²) >= 11 is 1.58. The molecule has 2 heterocycles. The Morgan fingerprint density at radius 3 is 2.87 bits per heavy atom. The predicted octanol–water partition coefficient (Wildman–Crippen LogP) is 1.61.